The molecule has 0 saturated heterocycles. The van der Waals surface area contributed by atoms with E-state index >= 15 is 0 Å². The van der Waals surface area contributed by atoms with Crippen LogP contribution in [0, 0.1) is 0 Å². The topological polar surface area (TPSA) is 67.4 Å². The third-order valence-electron chi connectivity index (χ3n) is 4.05. The molecular weight excluding hydrogens is 352 g/mol. The van der Waals surface area contributed by atoms with E-state index in [2.05, 4.69) is 43.5 Å². The summed E-state index contributed by atoms with van der Waals surface area (Å²) in [5, 5.41) is 5.49. The second-order valence-electron chi connectivity index (χ2n) is 7.55. The van der Waals surface area contributed by atoms with E-state index in [1.165, 1.54) is 18.6 Å². The SMILES string of the molecule is CC(=O)Nc1ccc(/C=C/C(=O)NCCOc2ccc(C(C)(C)C)cc2)cc1. The molecule has 2 N–H and O–H groups in total. The van der Waals surface area contributed by atoms with Gasteiger partial charge < -0.3 is 15.4 Å². The molecule has 0 spiro atoms. The number of rotatable bonds is 7. The lowest BCUT2D eigenvalue weighted by molar-refractivity contribution is -0.116. The molecular formula is C23H28N2O3. The summed E-state index contributed by atoms with van der Waals surface area (Å²) in [7, 11) is 0. The summed E-state index contributed by atoms with van der Waals surface area (Å²) in [5.74, 6) is 0.490. The van der Waals surface area contributed by atoms with E-state index in [0.717, 1.165) is 17.0 Å². The van der Waals surface area contributed by atoms with Gasteiger partial charge in [0, 0.05) is 18.7 Å². The minimum atomic E-state index is -0.183. The number of benzene rings is 2. The molecule has 5 heteroatoms. The smallest absolute Gasteiger partial charge is 0.244 e. The first-order valence-corrected chi connectivity index (χ1v) is 9.31. The maximum absolute atomic E-state index is 11.9. The van der Waals surface area contributed by atoms with E-state index < -0.39 is 0 Å². The van der Waals surface area contributed by atoms with Gasteiger partial charge in [0.2, 0.25) is 11.8 Å². The Morgan fingerprint density at radius 2 is 1.64 bits per heavy atom. The van der Waals surface area contributed by atoms with Gasteiger partial charge in [-0.3, -0.25) is 9.59 Å². The lowest BCUT2D eigenvalue weighted by atomic mass is 9.87. The molecule has 0 aromatic heterocycles. The number of hydrogen-bond donors (Lipinski definition) is 2. The van der Waals surface area contributed by atoms with Crippen molar-refractivity contribution in [2.45, 2.75) is 33.1 Å². The van der Waals surface area contributed by atoms with Gasteiger partial charge in [0.25, 0.3) is 0 Å². The molecule has 0 aliphatic rings. The number of anilines is 1. The molecule has 0 radical (unpaired) electrons. The highest BCUT2D eigenvalue weighted by Crippen LogP contribution is 2.24. The molecule has 0 aliphatic heterocycles. The van der Waals surface area contributed by atoms with E-state index in [1.54, 1.807) is 18.2 Å². The van der Waals surface area contributed by atoms with Gasteiger partial charge in [-0.2, -0.15) is 0 Å². The fourth-order valence-corrected chi connectivity index (χ4v) is 2.51. The van der Waals surface area contributed by atoms with Gasteiger partial charge in [0.15, 0.2) is 0 Å². The summed E-state index contributed by atoms with van der Waals surface area (Å²) in [5.41, 5.74) is 2.97. The molecule has 28 heavy (non-hydrogen) atoms. The van der Waals surface area contributed by atoms with Gasteiger partial charge in [-0.05, 0) is 46.9 Å². The van der Waals surface area contributed by atoms with E-state index in [0.29, 0.717) is 13.2 Å². The predicted molar refractivity (Wildman–Crippen MR) is 113 cm³/mol. The molecule has 0 heterocycles. The van der Waals surface area contributed by atoms with Crippen LogP contribution in [0.4, 0.5) is 5.69 Å². The average molecular weight is 380 g/mol. The van der Waals surface area contributed by atoms with Crippen molar-refractivity contribution in [3.05, 3.63) is 65.7 Å². The van der Waals surface area contributed by atoms with E-state index in [1.807, 2.05) is 24.3 Å². The van der Waals surface area contributed by atoms with E-state index in [-0.39, 0.29) is 17.2 Å². The monoisotopic (exact) mass is 380 g/mol. The lowest BCUT2D eigenvalue weighted by Gasteiger charge is -2.19. The third-order valence-corrected chi connectivity index (χ3v) is 4.05. The molecule has 2 amide bonds. The second-order valence-corrected chi connectivity index (χ2v) is 7.55. The van der Waals surface area contributed by atoms with Crippen LogP contribution in [0.25, 0.3) is 6.08 Å². The summed E-state index contributed by atoms with van der Waals surface area (Å²) >= 11 is 0. The van der Waals surface area contributed by atoms with Gasteiger partial charge in [-0.25, -0.2) is 0 Å². The standard InChI is InChI=1S/C23H28N2O3/c1-17(26)25-20-10-5-18(6-11-20)7-14-22(27)24-15-16-28-21-12-8-19(9-13-21)23(2,3)4/h5-14H,15-16H2,1-4H3,(H,24,27)(H,25,26)/b14-7+. The van der Waals surface area contributed by atoms with Crippen LogP contribution in [0.1, 0.15) is 38.8 Å². The molecule has 2 aromatic carbocycles. The minimum Gasteiger partial charge on any atom is -0.492 e. The fraction of sp³-hybridized carbons (Fsp3) is 0.304. The Morgan fingerprint density at radius 3 is 2.21 bits per heavy atom. The summed E-state index contributed by atoms with van der Waals surface area (Å²) in [6.45, 7) is 8.80. The lowest BCUT2D eigenvalue weighted by Crippen LogP contribution is -2.26. The number of hydrogen-bond acceptors (Lipinski definition) is 3. The number of nitrogens with one attached hydrogen (secondary N) is 2. The van der Waals surface area contributed by atoms with Crippen LogP contribution < -0.4 is 15.4 Å². The third kappa shape index (κ3) is 7.27. The molecule has 0 fully saturated rings. The summed E-state index contributed by atoms with van der Waals surface area (Å²) in [6.07, 6.45) is 3.20. The Morgan fingerprint density at radius 1 is 1.00 bits per heavy atom. The minimum absolute atomic E-state index is 0.114. The Kier molecular flexibility index (Phi) is 7.38. The van der Waals surface area contributed by atoms with Crippen molar-refractivity contribution in [1.29, 1.82) is 0 Å². The Hall–Kier alpha value is -3.08. The van der Waals surface area contributed by atoms with Crippen LogP contribution in [0.3, 0.4) is 0 Å². The van der Waals surface area contributed by atoms with Crippen LogP contribution in [-0.2, 0) is 15.0 Å². The Bertz CT molecular complexity index is 816. The van der Waals surface area contributed by atoms with Crippen molar-refractivity contribution < 1.29 is 14.3 Å². The highest BCUT2D eigenvalue weighted by atomic mass is 16.5. The number of amides is 2. The highest BCUT2D eigenvalue weighted by molar-refractivity contribution is 5.92. The maximum Gasteiger partial charge on any atom is 0.244 e. The van der Waals surface area contributed by atoms with Crippen LogP contribution in [0.15, 0.2) is 54.6 Å². The molecule has 0 saturated carbocycles. The molecule has 2 aromatic rings. The van der Waals surface area contributed by atoms with E-state index in [9.17, 15) is 9.59 Å². The first-order valence-electron chi connectivity index (χ1n) is 9.31. The second kappa shape index (κ2) is 9.74. The average Bonchev–Trinajstić information content (AvgIpc) is 2.64. The number of carbonyl (C=O) groups is 2. The van der Waals surface area contributed by atoms with Crippen LogP contribution >= 0.6 is 0 Å². The zero-order valence-electron chi connectivity index (χ0n) is 16.9. The van der Waals surface area contributed by atoms with Crippen LogP contribution in [0.5, 0.6) is 5.75 Å². The fourth-order valence-electron chi connectivity index (χ4n) is 2.51. The summed E-state index contributed by atoms with van der Waals surface area (Å²) in [4.78, 5) is 22.9. The zero-order valence-corrected chi connectivity index (χ0v) is 16.9. The molecule has 5 nitrogen and oxygen atoms in total. The first-order chi connectivity index (χ1) is 13.2. The summed E-state index contributed by atoms with van der Waals surface area (Å²) < 4.78 is 5.66. The Labute approximate surface area is 166 Å². The van der Waals surface area contributed by atoms with Gasteiger partial charge in [-0.1, -0.05) is 45.0 Å². The number of ether oxygens (including phenoxy) is 1. The van der Waals surface area contributed by atoms with Crippen LogP contribution in [0.2, 0.25) is 0 Å². The normalized spacial score (nSPS) is 11.3. The molecule has 0 aliphatic carbocycles. The molecule has 0 bridgehead atoms. The van der Waals surface area contributed by atoms with Crippen molar-refractivity contribution >= 4 is 23.6 Å². The van der Waals surface area contributed by atoms with Gasteiger partial charge in [-0.15, -0.1) is 0 Å². The molecule has 148 valence electrons. The first kappa shape index (κ1) is 21.2. The van der Waals surface area contributed by atoms with Crippen molar-refractivity contribution in [3.63, 3.8) is 0 Å². The van der Waals surface area contributed by atoms with Crippen LogP contribution in [-0.4, -0.2) is 25.0 Å². The van der Waals surface area contributed by atoms with Crippen molar-refractivity contribution in [3.8, 4) is 5.75 Å². The van der Waals surface area contributed by atoms with Crippen molar-refractivity contribution in [2.75, 3.05) is 18.5 Å². The van der Waals surface area contributed by atoms with Crippen molar-refractivity contribution in [1.82, 2.24) is 5.32 Å². The highest BCUT2D eigenvalue weighted by Gasteiger charge is 2.12. The Balaban J connectivity index is 1.72. The quantitative estimate of drug-likeness (QED) is 0.560. The van der Waals surface area contributed by atoms with E-state index in [4.69, 9.17) is 4.74 Å². The molecule has 0 unspecified atom stereocenters. The molecule has 2 rings (SSSR count). The van der Waals surface area contributed by atoms with Crippen molar-refractivity contribution in [2.24, 2.45) is 0 Å². The van der Waals surface area contributed by atoms with Gasteiger partial charge >= 0.3 is 0 Å². The summed E-state index contributed by atoms with van der Waals surface area (Å²) in [6, 6.07) is 15.3. The van der Waals surface area contributed by atoms with Gasteiger partial charge in [0.05, 0.1) is 6.54 Å². The zero-order chi connectivity index (χ0) is 20.6. The van der Waals surface area contributed by atoms with Gasteiger partial charge in [0.1, 0.15) is 12.4 Å². The molecule has 0 atom stereocenters. The largest absolute Gasteiger partial charge is 0.492 e. The number of carbonyl (C=O) groups excluding carboxylic acids is 2. The predicted octanol–water partition coefficient (Wildman–Crippen LogP) is 4.15. The maximum atomic E-state index is 11.9.